The van der Waals surface area contributed by atoms with E-state index in [1.165, 1.54) is 83.0 Å². The molecule has 4 heterocycles. The Morgan fingerprint density at radius 3 is 1.38 bits per heavy atom. The van der Waals surface area contributed by atoms with Crippen molar-refractivity contribution in [2.45, 2.75) is 128 Å². The highest BCUT2D eigenvalue weighted by Gasteiger charge is 2.26. The molecule has 2 aromatic carbocycles. The van der Waals surface area contributed by atoms with E-state index in [-0.39, 0.29) is 12.1 Å². The molecular formula is C46H62N6O4S4. The lowest BCUT2D eigenvalue weighted by atomic mass is 9.85. The molecule has 60 heavy (non-hydrogen) atoms. The fraction of sp³-hybridized carbons (Fsp3) is 0.522. The normalized spacial score (nSPS) is 19.1. The average molecular weight is 891 g/mol. The van der Waals surface area contributed by atoms with Crippen LogP contribution in [0.15, 0.2) is 71.5 Å². The Labute approximate surface area is 367 Å². The van der Waals surface area contributed by atoms with E-state index < -0.39 is 20.0 Å². The van der Waals surface area contributed by atoms with Crippen LogP contribution in [0.1, 0.15) is 123 Å². The number of hydrogen-bond donors (Lipinski definition) is 2. The molecule has 8 rings (SSSR count). The van der Waals surface area contributed by atoms with Gasteiger partial charge in [-0.3, -0.25) is 9.36 Å². The fourth-order valence-corrected chi connectivity index (χ4v) is 13.3. The van der Waals surface area contributed by atoms with Crippen molar-refractivity contribution in [3.63, 3.8) is 0 Å². The zero-order valence-electron chi connectivity index (χ0n) is 35.2. The second-order valence-electron chi connectivity index (χ2n) is 16.8. The maximum atomic E-state index is 12.7. The number of nitrogens with one attached hydrogen (secondary N) is 2. The largest absolute Gasteiger partial charge is 0.264 e. The minimum absolute atomic E-state index is 0.0277. The van der Waals surface area contributed by atoms with Crippen LogP contribution in [0.25, 0.3) is 12.2 Å². The summed E-state index contributed by atoms with van der Waals surface area (Å²) in [7, 11) is -6.98. The van der Waals surface area contributed by atoms with Crippen LogP contribution in [0.3, 0.4) is 0 Å². The van der Waals surface area contributed by atoms with Gasteiger partial charge in [-0.1, -0.05) is 99.2 Å². The monoisotopic (exact) mass is 890 g/mol. The molecule has 2 saturated carbocycles. The first-order chi connectivity index (χ1) is 29.0. The number of nitrogens with zero attached hydrogens (tertiary/aromatic N) is 4. The molecule has 14 heteroatoms. The predicted molar refractivity (Wildman–Crippen MR) is 250 cm³/mol. The fourth-order valence-electron chi connectivity index (χ4n) is 9.08. The molecule has 324 valence electrons. The number of thioether (sulfide) groups is 2. The first kappa shape index (κ1) is 44.9. The highest BCUT2D eigenvalue weighted by Crippen LogP contribution is 2.32. The maximum Gasteiger partial charge on any atom is 0.234 e. The van der Waals surface area contributed by atoms with E-state index in [1.807, 2.05) is 73.8 Å². The van der Waals surface area contributed by atoms with E-state index in [0.29, 0.717) is 24.9 Å². The first-order valence-corrected chi connectivity index (χ1v) is 27.2. The second-order valence-corrected chi connectivity index (χ2v) is 22.2. The molecule has 2 N–H and O–H groups in total. The lowest BCUT2D eigenvalue weighted by Crippen LogP contribution is -2.37. The molecule has 10 nitrogen and oxygen atoms in total. The average Bonchev–Trinajstić information content (AvgIpc) is 3.80. The first-order valence-electron chi connectivity index (χ1n) is 21.8. The van der Waals surface area contributed by atoms with E-state index >= 15 is 0 Å². The maximum absolute atomic E-state index is 12.7. The lowest BCUT2D eigenvalue weighted by molar-refractivity contribution is 0.303. The van der Waals surface area contributed by atoms with Crippen LogP contribution in [0.4, 0.5) is 0 Å². The molecule has 2 aliphatic carbocycles. The third-order valence-corrected chi connectivity index (χ3v) is 16.8. The van der Waals surface area contributed by atoms with Crippen molar-refractivity contribution < 1.29 is 16.8 Å². The van der Waals surface area contributed by atoms with Gasteiger partial charge in [-0.25, -0.2) is 26.3 Å². The zero-order valence-corrected chi connectivity index (χ0v) is 38.4. The summed E-state index contributed by atoms with van der Waals surface area (Å²) in [6, 6.07) is 20.5. The van der Waals surface area contributed by atoms with E-state index in [9.17, 15) is 16.8 Å². The van der Waals surface area contributed by atoms with E-state index in [0.717, 1.165) is 72.9 Å². The molecule has 4 aromatic rings. The van der Waals surface area contributed by atoms with Crippen molar-refractivity contribution >= 4 is 55.7 Å². The molecule has 2 aliphatic heterocycles. The Hall–Kier alpha value is -3.14. The lowest BCUT2D eigenvalue weighted by Gasteiger charge is -2.27. The molecule has 2 fully saturated rings. The minimum Gasteiger partial charge on any atom is -0.264 e. The summed E-state index contributed by atoms with van der Waals surface area (Å²) in [6.07, 6.45) is 17.1. The standard InChI is InChI=1S/2C23H31N3O2S2/c2*1-18(20-10-6-3-7-11-20)25-30(27,28)15-13-22-21-17-29-14-12-23(21)26(24-22)16-19-8-4-2-5-9-19/h2*2,4-5,8-9,13,15,18,20,25H,3,6-7,10-12,14,16-17H2,1H3/b2*15-13+/t2*18-/m10/s1. The van der Waals surface area contributed by atoms with Gasteiger partial charge in [0.1, 0.15) is 0 Å². The zero-order chi connectivity index (χ0) is 42.0. The number of hydrogen-bond acceptors (Lipinski definition) is 8. The van der Waals surface area contributed by atoms with E-state index in [4.69, 9.17) is 10.2 Å². The van der Waals surface area contributed by atoms with Crippen molar-refractivity contribution in [1.82, 2.24) is 29.0 Å². The third-order valence-electron chi connectivity index (χ3n) is 12.4. The van der Waals surface area contributed by atoms with Crippen LogP contribution in [-0.4, -0.2) is 60.0 Å². The summed E-state index contributed by atoms with van der Waals surface area (Å²) >= 11 is 3.76. The Morgan fingerprint density at radius 2 is 1.00 bits per heavy atom. The number of sulfonamides is 2. The van der Waals surface area contributed by atoms with Crippen LogP contribution < -0.4 is 9.44 Å². The molecule has 2 atom stereocenters. The summed E-state index contributed by atoms with van der Waals surface area (Å²) in [5.41, 5.74) is 8.78. The molecular weight excluding hydrogens is 829 g/mol. The van der Waals surface area contributed by atoms with Crippen LogP contribution in [0.2, 0.25) is 0 Å². The van der Waals surface area contributed by atoms with Gasteiger partial charge >= 0.3 is 0 Å². The van der Waals surface area contributed by atoms with Crippen molar-refractivity contribution in [3.8, 4) is 0 Å². The molecule has 0 bridgehead atoms. The van der Waals surface area contributed by atoms with Gasteiger partial charge in [0.05, 0.1) is 24.5 Å². The Kier molecular flexibility index (Phi) is 15.9. The second kappa shape index (κ2) is 21.3. The van der Waals surface area contributed by atoms with Crippen LogP contribution in [-0.2, 0) is 57.5 Å². The van der Waals surface area contributed by atoms with Gasteiger partial charge in [0, 0.05) is 56.9 Å². The Bertz CT molecular complexity index is 2120. The van der Waals surface area contributed by atoms with Gasteiger partial charge in [0.25, 0.3) is 0 Å². The SMILES string of the molecule is C[C@@H](NS(=O)(=O)/C=C/c1nn(Cc2ccccc2)c2c1CSCC2)C1CCCCC1.C[C@H](NS(=O)(=O)/C=C/c1nn(Cc2ccccc2)c2c1CSCC2)C1CCCCC1. The molecule has 2 aromatic heterocycles. The highest BCUT2D eigenvalue weighted by molar-refractivity contribution is 7.98. The van der Waals surface area contributed by atoms with Crippen LogP contribution in [0, 0.1) is 11.8 Å². The van der Waals surface area contributed by atoms with Crippen molar-refractivity contribution in [3.05, 3.63) is 117 Å². The number of aromatic nitrogens is 4. The predicted octanol–water partition coefficient (Wildman–Crippen LogP) is 9.16. The third kappa shape index (κ3) is 12.5. The highest BCUT2D eigenvalue weighted by atomic mass is 32.2. The molecule has 0 amide bonds. The van der Waals surface area contributed by atoms with Crippen molar-refractivity contribution in [2.24, 2.45) is 11.8 Å². The molecule has 0 saturated heterocycles. The van der Waals surface area contributed by atoms with E-state index in [2.05, 4.69) is 43.1 Å². The summed E-state index contributed by atoms with van der Waals surface area (Å²) in [5.74, 6) is 4.81. The van der Waals surface area contributed by atoms with Crippen LogP contribution in [0.5, 0.6) is 0 Å². The minimum atomic E-state index is -3.49. The molecule has 4 aliphatic rings. The molecule has 0 spiro atoms. The Balaban J connectivity index is 0.000000181. The van der Waals surface area contributed by atoms with Gasteiger partial charge in [-0.2, -0.15) is 33.7 Å². The van der Waals surface area contributed by atoms with Crippen molar-refractivity contribution in [2.75, 3.05) is 11.5 Å². The smallest absolute Gasteiger partial charge is 0.234 e. The van der Waals surface area contributed by atoms with E-state index in [1.54, 1.807) is 12.2 Å². The number of benzene rings is 2. The molecule has 0 unspecified atom stereocenters. The van der Waals surface area contributed by atoms with Gasteiger partial charge in [0.15, 0.2) is 0 Å². The van der Waals surface area contributed by atoms with Gasteiger partial charge in [-0.15, -0.1) is 0 Å². The topological polar surface area (TPSA) is 128 Å². The van der Waals surface area contributed by atoms with Gasteiger partial charge in [0.2, 0.25) is 20.0 Å². The number of fused-ring (bicyclic) bond motifs is 2. The summed E-state index contributed by atoms with van der Waals surface area (Å²) in [4.78, 5) is 0. The van der Waals surface area contributed by atoms with Crippen molar-refractivity contribution in [1.29, 1.82) is 0 Å². The summed E-state index contributed by atoms with van der Waals surface area (Å²) in [5, 5.41) is 12.2. The quantitative estimate of drug-likeness (QED) is 0.128. The number of rotatable bonds is 14. The summed E-state index contributed by atoms with van der Waals surface area (Å²) < 4.78 is 60.6. The molecule has 0 radical (unpaired) electrons. The summed E-state index contributed by atoms with van der Waals surface area (Å²) in [6.45, 7) is 5.42. The van der Waals surface area contributed by atoms with Gasteiger partial charge < -0.3 is 0 Å². The Morgan fingerprint density at radius 1 is 0.617 bits per heavy atom. The van der Waals surface area contributed by atoms with Gasteiger partial charge in [-0.05, 0) is 99.0 Å². The van der Waals surface area contributed by atoms with Crippen LogP contribution >= 0.6 is 23.5 Å².